The molecule has 0 unspecified atom stereocenters. The van der Waals surface area contributed by atoms with Gasteiger partial charge in [0.05, 0.1) is 8.07 Å². The molecule has 38 heavy (non-hydrogen) atoms. The molecule has 0 saturated carbocycles. The highest BCUT2D eigenvalue weighted by Crippen LogP contribution is 2.45. The SMILES string of the molecule is CC(C)[Si](CCc1ccnc2[nH]c3ccc(-c4ccc(N5CCN(C)CC5)cc4)cc3c12)(C(C)C)C(C)C. The van der Waals surface area contributed by atoms with Crippen molar-refractivity contribution in [3.05, 3.63) is 60.3 Å². The molecule has 1 aliphatic rings. The van der Waals surface area contributed by atoms with Crippen LogP contribution < -0.4 is 4.90 Å². The van der Waals surface area contributed by atoms with Crippen LogP contribution in [0.1, 0.15) is 47.1 Å². The molecule has 1 aliphatic heterocycles. The Hall–Kier alpha value is -2.63. The zero-order valence-electron chi connectivity index (χ0n) is 24.5. The molecular formula is C33H46N4Si. The topological polar surface area (TPSA) is 35.2 Å². The van der Waals surface area contributed by atoms with E-state index in [4.69, 9.17) is 4.98 Å². The third-order valence-electron chi connectivity index (χ3n) is 9.70. The van der Waals surface area contributed by atoms with Gasteiger partial charge in [0.1, 0.15) is 5.65 Å². The first-order valence-corrected chi connectivity index (χ1v) is 17.1. The van der Waals surface area contributed by atoms with E-state index in [1.165, 1.54) is 44.7 Å². The Morgan fingerprint density at radius 1 is 0.816 bits per heavy atom. The number of H-pyrrole nitrogens is 1. The number of nitrogens with zero attached hydrogens (tertiary/aromatic N) is 3. The number of nitrogens with one attached hydrogen (secondary N) is 1. The van der Waals surface area contributed by atoms with Gasteiger partial charge in [0.2, 0.25) is 0 Å². The van der Waals surface area contributed by atoms with E-state index in [1.807, 2.05) is 6.20 Å². The number of likely N-dealkylation sites (N-methyl/N-ethyl adjacent to an activating group) is 1. The van der Waals surface area contributed by atoms with Gasteiger partial charge in [-0.05, 0) is 60.5 Å². The summed E-state index contributed by atoms with van der Waals surface area (Å²) >= 11 is 0. The summed E-state index contributed by atoms with van der Waals surface area (Å²) in [4.78, 5) is 13.3. The fourth-order valence-corrected chi connectivity index (χ4v) is 13.9. The lowest BCUT2D eigenvalue weighted by molar-refractivity contribution is 0.313. The normalized spacial score (nSPS) is 15.6. The summed E-state index contributed by atoms with van der Waals surface area (Å²) in [5, 5.41) is 2.62. The van der Waals surface area contributed by atoms with E-state index in [-0.39, 0.29) is 0 Å². The quantitative estimate of drug-likeness (QED) is 0.234. The van der Waals surface area contributed by atoms with Crippen LogP contribution in [0.25, 0.3) is 33.1 Å². The molecule has 0 aliphatic carbocycles. The second kappa shape index (κ2) is 10.9. The minimum atomic E-state index is -1.47. The van der Waals surface area contributed by atoms with Crippen molar-refractivity contribution in [1.82, 2.24) is 14.9 Å². The molecule has 0 amide bonds. The van der Waals surface area contributed by atoms with E-state index in [0.29, 0.717) is 0 Å². The highest BCUT2D eigenvalue weighted by Gasteiger charge is 2.41. The number of benzene rings is 2. The number of aryl methyl sites for hydroxylation is 1. The molecule has 4 aromatic rings. The van der Waals surface area contributed by atoms with Crippen LogP contribution >= 0.6 is 0 Å². The van der Waals surface area contributed by atoms with E-state index in [1.54, 1.807) is 0 Å². The lowest BCUT2D eigenvalue weighted by Crippen LogP contribution is -2.44. The fraction of sp³-hybridized carbons (Fsp3) is 0.485. The Morgan fingerprint density at radius 2 is 1.45 bits per heavy atom. The number of rotatable bonds is 8. The molecule has 2 aromatic carbocycles. The van der Waals surface area contributed by atoms with Crippen LogP contribution in [0.4, 0.5) is 5.69 Å². The van der Waals surface area contributed by atoms with Gasteiger partial charge in [-0.15, -0.1) is 0 Å². The minimum Gasteiger partial charge on any atom is -0.369 e. The molecule has 0 atom stereocenters. The largest absolute Gasteiger partial charge is 0.369 e. The van der Waals surface area contributed by atoms with Crippen LogP contribution in [0.5, 0.6) is 0 Å². The summed E-state index contributed by atoms with van der Waals surface area (Å²) in [5.74, 6) is 0. The van der Waals surface area contributed by atoms with Crippen LogP contribution in [-0.2, 0) is 6.42 Å². The molecule has 1 saturated heterocycles. The maximum atomic E-state index is 4.75. The number of aromatic nitrogens is 2. The van der Waals surface area contributed by atoms with Gasteiger partial charge in [0, 0.05) is 54.4 Å². The van der Waals surface area contributed by atoms with Crippen molar-refractivity contribution in [3.63, 3.8) is 0 Å². The van der Waals surface area contributed by atoms with E-state index < -0.39 is 8.07 Å². The molecule has 202 valence electrons. The van der Waals surface area contributed by atoms with Crippen LogP contribution in [0, 0.1) is 0 Å². The maximum absolute atomic E-state index is 4.75. The van der Waals surface area contributed by atoms with Crippen LogP contribution in [0.2, 0.25) is 22.7 Å². The Labute approximate surface area is 230 Å². The van der Waals surface area contributed by atoms with Crippen molar-refractivity contribution in [2.45, 2.75) is 70.6 Å². The fourth-order valence-electron chi connectivity index (χ4n) is 7.42. The van der Waals surface area contributed by atoms with Gasteiger partial charge >= 0.3 is 0 Å². The van der Waals surface area contributed by atoms with Gasteiger partial charge in [-0.25, -0.2) is 4.98 Å². The van der Waals surface area contributed by atoms with Gasteiger partial charge in [0.15, 0.2) is 0 Å². The first-order chi connectivity index (χ1) is 18.2. The summed E-state index contributed by atoms with van der Waals surface area (Å²) in [6, 6.07) is 19.6. The van der Waals surface area contributed by atoms with Crippen molar-refractivity contribution in [2.75, 3.05) is 38.1 Å². The second-order valence-corrected chi connectivity index (χ2v) is 18.7. The zero-order valence-corrected chi connectivity index (χ0v) is 25.5. The third kappa shape index (κ3) is 4.91. The molecule has 0 bridgehead atoms. The van der Waals surface area contributed by atoms with Gasteiger partial charge < -0.3 is 14.8 Å². The van der Waals surface area contributed by atoms with Crippen LogP contribution in [-0.4, -0.2) is 56.2 Å². The summed E-state index contributed by atoms with van der Waals surface area (Å²) in [6.07, 6.45) is 3.13. The van der Waals surface area contributed by atoms with Gasteiger partial charge in [-0.1, -0.05) is 82.4 Å². The van der Waals surface area contributed by atoms with Gasteiger partial charge in [-0.3, -0.25) is 0 Å². The number of hydrogen-bond donors (Lipinski definition) is 1. The smallest absolute Gasteiger partial charge is 0.138 e. The van der Waals surface area contributed by atoms with Crippen molar-refractivity contribution in [3.8, 4) is 11.1 Å². The van der Waals surface area contributed by atoms with E-state index in [2.05, 4.69) is 112 Å². The molecule has 2 aromatic heterocycles. The van der Waals surface area contributed by atoms with E-state index in [9.17, 15) is 0 Å². The first kappa shape index (κ1) is 27.0. The number of fused-ring (bicyclic) bond motifs is 3. The summed E-state index contributed by atoms with van der Waals surface area (Å²) < 4.78 is 0. The maximum Gasteiger partial charge on any atom is 0.138 e. The third-order valence-corrected chi connectivity index (χ3v) is 17.3. The molecule has 0 spiro atoms. The summed E-state index contributed by atoms with van der Waals surface area (Å²) in [7, 11) is 0.738. The predicted octanol–water partition coefficient (Wildman–Crippen LogP) is 8.36. The monoisotopic (exact) mass is 526 g/mol. The average Bonchev–Trinajstić information content (AvgIpc) is 3.27. The second-order valence-electron chi connectivity index (χ2n) is 12.5. The Kier molecular flexibility index (Phi) is 7.70. The summed E-state index contributed by atoms with van der Waals surface area (Å²) in [5.41, 5.74) is 9.86. The Morgan fingerprint density at radius 3 is 2.08 bits per heavy atom. The number of anilines is 1. The highest BCUT2D eigenvalue weighted by molar-refractivity contribution is 6.83. The Bertz CT molecular complexity index is 1360. The van der Waals surface area contributed by atoms with Crippen LogP contribution in [0.15, 0.2) is 54.7 Å². The van der Waals surface area contributed by atoms with Crippen molar-refractivity contribution >= 4 is 35.7 Å². The number of piperazine rings is 1. The van der Waals surface area contributed by atoms with Crippen molar-refractivity contribution in [2.24, 2.45) is 0 Å². The number of hydrogen-bond acceptors (Lipinski definition) is 3. The summed E-state index contributed by atoms with van der Waals surface area (Å²) in [6.45, 7) is 19.3. The lowest BCUT2D eigenvalue weighted by atomic mass is 10.0. The highest BCUT2D eigenvalue weighted by atomic mass is 28.3. The standard InChI is InChI=1S/C33H46N4Si/c1-23(2)38(24(3)4,25(5)6)21-15-27-14-16-34-33-32(27)30-22-28(10-13-31(30)35-33)26-8-11-29(12-9-26)37-19-17-36(7)18-20-37/h8-14,16,22-25H,15,17-21H2,1-7H3,(H,34,35). The molecule has 1 fully saturated rings. The van der Waals surface area contributed by atoms with Gasteiger partial charge in [-0.2, -0.15) is 0 Å². The van der Waals surface area contributed by atoms with Crippen molar-refractivity contribution in [1.29, 1.82) is 0 Å². The number of aromatic amines is 1. The van der Waals surface area contributed by atoms with E-state index >= 15 is 0 Å². The molecule has 5 heteroatoms. The van der Waals surface area contributed by atoms with Gasteiger partial charge in [0.25, 0.3) is 0 Å². The molecule has 0 radical (unpaired) electrons. The molecule has 3 heterocycles. The first-order valence-electron chi connectivity index (χ1n) is 14.6. The molecule has 5 rings (SSSR count). The van der Waals surface area contributed by atoms with E-state index in [0.717, 1.165) is 54.9 Å². The lowest BCUT2D eigenvalue weighted by Gasteiger charge is -2.43. The molecule has 1 N–H and O–H groups in total. The van der Waals surface area contributed by atoms with Crippen LogP contribution in [0.3, 0.4) is 0 Å². The minimum absolute atomic E-state index is 0.781. The zero-order chi connectivity index (χ0) is 27.0. The Balaban J connectivity index is 1.47. The molecular weight excluding hydrogens is 480 g/mol. The average molecular weight is 527 g/mol. The predicted molar refractivity (Wildman–Crippen MR) is 168 cm³/mol. The van der Waals surface area contributed by atoms with Crippen molar-refractivity contribution < 1.29 is 0 Å². The number of pyridine rings is 1. The molecule has 4 nitrogen and oxygen atoms in total.